The maximum atomic E-state index is 13.5. The SMILES string of the molecule is COC(=O)C1CCN(S(=O)(=O)c2cn(Cc3ccccc3)nc2-c2ccccc2)CC1. The largest absolute Gasteiger partial charge is 0.469 e. The van der Waals surface area contributed by atoms with E-state index in [0.29, 0.717) is 25.1 Å². The minimum atomic E-state index is -3.77. The number of nitrogens with zero attached hydrogens (tertiary/aromatic N) is 3. The summed E-state index contributed by atoms with van der Waals surface area (Å²) >= 11 is 0. The molecule has 0 bridgehead atoms. The first-order valence-electron chi connectivity index (χ1n) is 10.2. The molecule has 4 rings (SSSR count). The Bertz CT molecular complexity index is 1140. The van der Waals surface area contributed by atoms with Gasteiger partial charge in [0.2, 0.25) is 10.0 Å². The molecule has 1 aliphatic rings. The number of methoxy groups -OCH3 is 1. The Balaban J connectivity index is 1.66. The molecule has 2 aromatic carbocycles. The van der Waals surface area contributed by atoms with Crippen LogP contribution in [0, 0.1) is 5.92 Å². The molecule has 162 valence electrons. The van der Waals surface area contributed by atoms with Gasteiger partial charge in [-0.05, 0) is 18.4 Å². The van der Waals surface area contributed by atoms with E-state index in [2.05, 4.69) is 5.10 Å². The van der Waals surface area contributed by atoms with Crippen LogP contribution in [0.15, 0.2) is 71.8 Å². The quantitative estimate of drug-likeness (QED) is 0.551. The van der Waals surface area contributed by atoms with Gasteiger partial charge in [0, 0.05) is 24.8 Å². The molecule has 1 aliphatic heterocycles. The molecule has 1 aromatic heterocycles. The zero-order valence-corrected chi connectivity index (χ0v) is 18.2. The van der Waals surface area contributed by atoms with Crippen molar-refractivity contribution < 1.29 is 17.9 Å². The first-order valence-corrected chi connectivity index (χ1v) is 11.7. The third kappa shape index (κ3) is 4.55. The molecule has 0 unspecified atom stereocenters. The highest BCUT2D eigenvalue weighted by atomic mass is 32.2. The summed E-state index contributed by atoms with van der Waals surface area (Å²) < 4.78 is 35.0. The Morgan fingerprint density at radius 2 is 1.65 bits per heavy atom. The molecule has 2 heterocycles. The van der Waals surface area contributed by atoms with E-state index in [9.17, 15) is 13.2 Å². The highest BCUT2D eigenvalue weighted by Gasteiger charge is 2.35. The molecule has 1 fully saturated rings. The van der Waals surface area contributed by atoms with E-state index in [1.165, 1.54) is 11.4 Å². The van der Waals surface area contributed by atoms with Crippen molar-refractivity contribution in [3.63, 3.8) is 0 Å². The number of piperidine rings is 1. The molecular weight excluding hydrogens is 414 g/mol. The standard InChI is InChI=1S/C23H25N3O4S/c1-30-23(27)20-12-14-26(15-13-20)31(28,29)21-17-25(16-18-8-4-2-5-9-18)24-22(21)19-10-6-3-7-11-19/h2-11,17,20H,12-16H2,1H3. The Kier molecular flexibility index (Phi) is 6.20. The topological polar surface area (TPSA) is 81.5 Å². The van der Waals surface area contributed by atoms with Crippen LogP contribution in [0.5, 0.6) is 0 Å². The van der Waals surface area contributed by atoms with Gasteiger partial charge < -0.3 is 4.74 Å². The van der Waals surface area contributed by atoms with Crippen LogP contribution in [-0.2, 0) is 26.1 Å². The molecule has 0 spiro atoms. The Morgan fingerprint density at radius 1 is 1.03 bits per heavy atom. The van der Waals surface area contributed by atoms with E-state index in [1.54, 1.807) is 10.9 Å². The van der Waals surface area contributed by atoms with Crippen molar-refractivity contribution >= 4 is 16.0 Å². The molecule has 0 N–H and O–H groups in total. The van der Waals surface area contributed by atoms with Crippen molar-refractivity contribution in [1.29, 1.82) is 0 Å². The van der Waals surface area contributed by atoms with Crippen molar-refractivity contribution in [2.45, 2.75) is 24.3 Å². The molecule has 0 radical (unpaired) electrons. The normalized spacial score (nSPS) is 15.6. The Morgan fingerprint density at radius 3 is 2.26 bits per heavy atom. The van der Waals surface area contributed by atoms with Crippen molar-refractivity contribution in [3.8, 4) is 11.3 Å². The molecule has 0 amide bonds. The lowest BCUT2D eigenvalue weighted by atomic mass is 9.99. The van der Waals surface area contributed by atoms with Gasteiger partial charge in [0.15, 0.2) is 0 Å². The van der Waals surface area contributed by atoms with Crippen LogP contribution < -0.4 is 0 Å². The summed E-state index contributed by atoms with van der Waals surface area (Å²) in [5, 5.41) is 4.63. The van der Waals surface area contributed by atoms with E-state index in [1.807, 2.05) is 60.7 Å². The van der Waals surface area contributed by atoms with E-state index in [0.717, 1.165) is 11.1 Å². The van der Waals surface area contributed by atoms with Gasteiger partial charge in [0.05, 0.1) is 19.6 Å². The summed E-state index contributed by atoms with van der Waals surface area (Å²) in [5.41, 5.74) is 2.22. The summed E-state index contributed by atoms with van der Waals surface area (Å²) in [6.45, 7) is 1.03. The summed E-state index contributed by atoms with van der Waals surface area (Å²) in [5.74, 6) is -0.538. The summed E-state index contributed by atoms with van der Waals surface area (Å²) in [6.07, 6.45) is 2.51. The zero-order valence-electron chi connectivity index (χ0n) is 17.3. The molecule has 1 saturated heterocycles. The molecule has 0 saturated carbocycles. The average molecular weight is 440 g/mol. The number of rotatable bonds is 6. The molecule has 7 nitrogen and oxygen atoms in total. The number of hydrogen-bond acceptors (Lipinski definition) is 5. The third-order valence-corrected chi connectivity index (χ3v) is 7.47. The monoisotopic (exact) mass is 439 g/mol. The highest BCUT2D eigenvalue weighted by Crippen LogP contribution is 2.31. The number of carbonyl (C=O) groups is 1. The molecule has 0 aliphatic carbocycles. The zero-order chi connectivity index (χ0) is 21.8. The fourth-order valence-corrected chi connectivity index (χ4v) is 5.50. The van der Waals surface area contributed by atoms with Crippen LogP contribution in [0.2, 0.25) is 0 Å². The number of aromatic nitrogens is 2. The van der Waals surface area contributed by atoms with Gasteiger partial charge >= 0.3 is 5.97 Å². The minimum Gasteiger partial charge on any atom is -0.469 e. The number of sulfonamides is 1. The predicted molar refractivity (Wildman–Crippen MR) is 117 cm³/mol. The fraction of sp³-hybridized carbons (Fsp3) is 0.304. The highest BCUT2D eigenvalue weighted by molar-refractivity contribution is 7.89. The maximum Gasteiger partial charge on any atom is 0.308 e. The second kappa shape index (κ2) is 9.03. The number of carbonyl (C=O) groups excluding carboxylic acids is 1. The smallest absolute Gasteiger partial charge is 0.308 e. The Hall–Kier alpha value is -2.97. The van der Waals surface area contributed by atoms with Gasteiger partial charge in [-0.2, -0.15) is 9.40 Å². The van der Waals surface area contributed by atoms with Crippen molar-refractivity contribution in [1.82, 2.24) is 14.1 Å². The maximum absolute atomic E-state index is 13.5. The van der Waals surface area contributed by atoms with Gasteiger partial charge in [-0.15, -0.1) is 0 Å². The van der Waals surface area contributed by atoms with Crippen molar-refractivity contribution in [3.05, 3.63) is 72.4 Å². The van der Waals surface area contributed by atoms with Gasteiger partial charge in [-0.3, -0.25) is 9.48 Å². The van der Waals surface area contributed by atoms with Crippen LogP contribution in [0.1, 0.15) is 18.4 Å². The molecular formula is C23H25N3O4S. The van der Waals surface area contributed by atoms with Crippen LogP contribution in [0.3, 0.4) is 0 Å². The summed E-state index contributed by atoms with van der Waals surface area (Å²) in [6, 6.07) is 19.1. The Labute approximate surface area is 182 Å². The molecule has 31 heavy (non-hydrogen) atoms. The number of benzene rings is 2. The van der Waals surface area contributed by atoms with Crippen LogP contribution in [-0.4, -0.2) is 48.7 Å². The second-order valence-electron chi connectivity index (χ2n) is 7.59. The second-order valence-corrected chi connectivity index (χ2v) is 9.50. The number of hydrogen-bond donors (Lipinski definition) is 0. The predicted octanol–water partition coefficient (Wildman–Crippen LogP) is 3.17. The summed E-state index contributed by atoms with van der Waals surface area (Å²) in [4.78, 5) is 12.0. The van der Waals surface area contributed by atoms with Crippen molar-refractivity contribution in [2.24, 2.45) is 5.92 Å². The number of ether oxygens (including phenoxy) is 1. The molecule has 8 heteroatoms. The lowest BCUT2D eigenvalue weighted by Gasteiger charge is -2.29. The lowest BCUT2D eigenvalue weighted by molar-refractivity contribution is -0.146. The van der Waals surface area contributed by atoms with Crippen molar-refractivity contribution in [2.75, 3.05) is 20.2 Å². The van der Waals surface area contributed by atoms with Gasteiger partial charge in [0.25, 0.3) is 0 Å². The van der Waals surface area contributed by atoms with E-state index >= 15 is 0 Å². The first kappa shape index (κ1) is 21.3. The van der Waals surface area contributed by atoms with Gasteiger partial charge in [-0.25, -0.2) is 8.42 Å². The van der Waals surface area contributed by atoms with Crippen LogP contribution in [0.25, 0.3) is 11.3 Å². The molecule has 3 aromatic rings. The third-order valence-electron chi connectivity index (χ3n) is 5.57. The number of esters is 1. The van der Waals surface area contributed by atoms with Gasteiger partial charge in [-0.1, -0.05) is 60.7 Å². The average Bonchev–Trinajstić information content (AvgIpc) is 3.24. The summed E-state index contributed by atoms with van der Waals surface area (Å²) in [7, 11) is -2.41. The van der Waals surface area contributed by atoms with E-state index < -0.39 is 10.0 Å². The van der Waals surface area contributed by atoms with Crippen LogP contribution >= 0.6 is 0 Å². The lowest BCUT2D eigenvalue weighted by Crippen LogP contribution is -2.40. The van der Waals surface area contributed by atoms with Crippen LogP contribution in [0.4, 0.5) is 0 Å². The van der Waals surface area contributed by atoms with E-state index in [-0.39, 0.29) is 29.9 Å². The van der Waals surface area contributed by atoms with E-state index in [4.69, 9.17) is 4.74 Å². The van der Waals surface area contributed by atoms with Gasteiger partial charge in [0.1, 0.15) is 10.6 Å². The first-order chi connectivity index (χ1) is 15.0. The minimum absolute atomic E-state index is 0.186. The fourth-order valence-electron chi connectivity index (χ4n) is 3.88. The molecule has 0 atom stereocenters.